The fourth-order valence-corrected chi connectivity index (χ4v) is 6.44. The molecule has 1 amide bonds. The smallest absolute Gasteiger partial charge is 0.284 e. The molecule has 0 spiro atoms. The average Bonchev–Trinajstić information content (AvgIpc) is 3.23. The van der Waals surface area contributed by atoms with Gasteiger partial charge in [-0.3, -0.25) is 9.69 Å². The number of thioether (sulfide) groups is 1. The van der Waals surface area contributed by atoms with Gasteiger partial charge in [-0.15, -0.1) is 4.40 Å². The molecule has 1 heterocycles. The van der Waals surface area contributed by atoms with Crippen LogP contribution < -0.4 is 9.47 Å². The summed E-state index contributed by atoms with van der Waals surface area (Å²) in [4.78, 5) is 14.9. The van der Waals surface area contributed by atoms with Crippen molar-refractivity contribution >= 4 is 38.9 Å². The van der Waals surface area contributed by atoms with Crippen LogP contribution in [0.2, 0.25) is 0 Å². The molecule has 0 atom stereocenters. The molecule has 0 bridgehead atoms. The van der Waals surface area contributed by atoms with Gasteiger partial charge in [0.05, 0.1) is 23.5 Å². The largest absolute Gasteiger partial charge is 0.493 e. The van der Waals surface area contributed by atoms with E-state index in [1.807, 2.05) is 25.1 Å². The highest BCUT2D eigenvalue weighted by Gasteiger charge is 2.34. The van der Waals surface area contributed by atoms with E-state index in [4.69, 9.17) is 9.47 Å². The van der Waals surface area contributed by atoms with Gasteiger partial charge in [0, 0.05) is 6.54 Å². The van der Waals surface area contributed by atoms with Crippen molar-refractivity contribution in [3.05, 3.63) is 58.5 Å². The zero-order valence-electron chi connectivity index (χ0n) is 23.4. The van der Waals surface area contributed by atoms with E-state index >= 15 is 0 Å². The number of hydrogen-bond acceptors (Lipinski definition) is 6. The summed E-state index contributed by atoms with van der Waals surface area (Å²) in [7, 11) is -2.37. The van der Waals surface area contributed by atoms with Crippen LogP contribution in [0.25, 0.3) is 6.08 Å². The number of ether oxygens (including phenoxy) is 2. The Balaban J connectivity index is 1.70. The number of nitrogens with zero attached hydrogens (tertiary/aromatic N) is 2. The molecule has 0 radical (unpaired) electrons. The van der Waals surface area contributed by atoms with Crippen LogP contribution in [0.5, 0.6) is 11.5 Å². The lowest BCUT2D eigenvalue weighted by Crippen LogP contribution is -2.29. The predicted octanol–water partition coefficient (Wildman–Crippen LogP) is 7.07. The van der Waals surface area contributed by atoms with Crippen molar-refractivity contribution in [2.75, 3.05) is 20.3 Å². The number of carbonyl (C=O) groups is 1. The van der Waals surface area contributed by atoms with E-state index in [1.54, 1.807) is 44.4 Å². The maximum atomic E-state index is 13.1. The van der Waals surface area contributed by atoms with Crippen LogP contribution >= 0.6 is 11.8 Å². The first-order valence-corrected chi connectivity index (χ1v) is 16.0. The van der Waals surface area contributed by atoms with E-state index < -0.39 is 10.0 Å². The van der Waals surface area contributed by atoms with Crippen molar-refractivity contribution < 1.29 is 22.7 Å². The number of carbonyl (C=O) groups excluding carboxylic acids is 1. The monoisotopic (exact) mass is 572 g/mol. The van der Waals surface area contributed by atoms with Crippen LogP contribution in [0, 0.1) is 0 Å². The Morgan fingerprint density at radius 3 is 2.26 bits per heavy atom. The summed E-state index contributed by atoms with van der Waals surface area (Å²) < 4.78 is 41.4. The zero-order valence-corrected chi connectivity index (χ0v) is 25.1. The summed E-state index contributed by atoms with van der Waals surface area (Å²) in [5.74, 6) is 0.965. The van der Waals surface area contributed by atoms with Crippen LogP contribution in [-0.4, -0.2) is 44.7 Å². The first-order chi connectivity index (χ1) is 18.8. The molecule has 7 nitrogen and oxygen atoms in total. The lowest BCUT2D eigenvalue weighted by molar-refractivity contribution is -0.122. The molecular formula is C30H40N2O5S2. The third-order valence-electron chi connectivity index (χ3n) is 6.52. The second-order valence-electron chi connectivity index (χ2n) is 9.39. The van der Waals surface area contributed by atoms with Crippen LogP contribution in [-0.2, 0) is 21.2 Å². The van der Waals surface area contributed by atoms with Crippen molar-refractivity contribution in [1.82, 2.24) is 4.90 Å². The number of aryl methyl sites for hydroxylation is 1. The minimum atomic E-state index is -3.96. The van der Waals surface area contributed by atoms with Gasteiger partial charge in [-0.1, -0.05) is 70.6 Å². The molecule has 0 aliphatic carbocycles. The van der Waals surface area contributed by atoms with E-state index in [0.29, 0.717) is 29.6 Å². The van der Waals surface area contributed by atoms with Crippen LogP contribution in [0.3, 0.4) is 0 Å². The van der Waals surface area contributed by atoms with Crippen molar-refractivity contribution in [3.8, 4) is 11.5 Å². The summed E-state index contributed by atoms with van der Waals surface area (Å²) in [6, 6.07) is 12.2. The number of likely N-dealkylation sites (N-methyl/N-ethyl adjacent to an activating group) is 1. The Morgan fingerprint density at radius 2 is 1.62 bits per heavy atom. The van der Waals surface area contributed by atoms with Crippen molar-refractivity contribution in [3.63, 3.8) is 0 Å². The molecule has 2 aromatic rings. The number of amidine groups is 1. The topological polar surface area (TPSA) is 85.3 Å². The number of benzene rings is 2. The molecule has 39 heavy (non-hydrogen) atoms. The molecule has 1 aliphatic rings. The quantitative estimate of drug-likeness (QED) is 0.168. The lowest BCUT2D eigenvalue weighted by Gasteiger charge is -2.12. The minimum absolute atomic E-state index is 0.102. The Hall–Kier alpha value is -2.78. The van der Waals surface area contributed by atoms with E-state index in [9.17, 15) is 13.2 Å². The highest BCUT2D eigenvalue weighted by Crippen LogP contribution is 2.35. The molecule has 0 N–H and O–H groups in total. The zero-order chi connectivity index (χ0) is 28.3. The number of methoxy groups -OCH3 is 1. The predicted molar refractivity (Wildman–Crippen MR) is 160 cm³/mol. The summed E-state index contributed by atoms with van der Waals surface area (Å²) in [5, 5.41) is 0.148. The molecule has 1 aliphatic heterocycles. The van der Waals surface area contributed by atoms with Crippen molar-refractivity contribution in [2.45, 2.75) is 77.0 Å². The van der Waals surface area contributed by atoms with Crippen LogP contribution in [0.15, 0.2) is 56.7 Å². The van der Waals surface area contributed by atoms with E-state index in [0.717, 1.165) is 42.2 Å². The fourth-order valence-electron chi connectivity index (χ4n) is 4.19. The Bertz CT molecular complexity index is 1270. The molecule has 0 saturated carbocycles. The van der Waals surface area contributed by atoms with Gasteiger partial charge in [0.15, 0.2) is 16.7 Å². The fraction of sp³-hybridized carbons (Fsp3) is 0.467. The summed E-state index contributed by atoms with van der Waals surface area (Å²) in [5.41, 5.74) is 1.79. The molecule has 1 fully saturated rings. The molecule has 9 heteroatoms. The van der Waals surface area contributed by atoms with Gasteiger partial charge in [0.2, 0.25) is 0 Å². The Morgan fingerprint density at radius 1 is 0.923 bits per heavy atom. The summed E-state index contributed by atoms with van der Waals surface area (Å²) in [6.45, 7) is 6.95. The van der Waals surface area contributed by atoms with Crippen molar-refractivity contribution in [2.24, 2.45) is 4.40 Å². The summed E-state index contributed by atoms with van der Waals surface area (Å²) >= 11 is 1.06. The first kappa shape index (κ1) is 30.8. The van der Waals surface area contributed by atoms with Crippen molar-refractivity contribution in [1.29, 1.82) is 0 Å². The van der Waals surface area contributed by atoms with E-state index in [1.165, 1.54) is 37.0 Å². The molecule has 0 aromatic heterocycles. The SMILES string of the molecule is CCCCCCCCCOc1ccc(C=C2SC(=NS(=O)(=O)c3ccc(CC)cc3)N(CC)C2=O)cc1OC. The van der Waals surface area contributed by atoms with Gasteiger partial charge in [0.25, 0.3) is 15.9 Å². The number of hydrogen-bond donors (Lipinski definition) is 0. The van der Waals surface area contributed by atoms with E-state index in [-0.39, 0.29) is 16.0 Å². The highest BCUT2D eigenvalue weighted by molar-refractivity contribution is 8.19. The standard InChI is InChI=1S/C30H40N2O5S2/c1-5-8-9-10-11-12-13-20-37-26-19-16-24(21-27(26)36-4)22-28-29(33)32(7-3)30(38-28)31-39(34,35)25-17-14-23(6-2)15-18-25/h14-19,21-22H,5-13,20H2,1-4H3. The normalized spacial score (nSPS) is 15.9. The molecular weight excluding hydrogens is 532 g/mol. The van der Waals surface area contributed by atoms with Gasteiger partial charge in [-0.2, -0.15) is 8.42 Å². The van der Waals surface area contributed by atoms with Gasteiger partial charge >= 0.3 is 0 Å². The number of rotatable bonds is 15. The molecule has 3 rings (SSSR count). The minimum Gasteiger partial charge on any atom is -0.493 e. The van der Waals surface area contributed by atoms with Gasteiger partial charge in [0.1, 0.15) is 0 Å². The maximum absolute atomic E-state index is 13.1. The van der Waals surface area contributed by atoms with Crippen LogP contribution in [0.1, 0.15) is 76.8 Å². The van der Waals surface area contributed by atoms with Gasteiger partial charge in [-0.25, -0.2) is 0 Å². The lowest BCUT2D eigenvalue weighted by atomic mass is 10.1. The summed E-state index contributed by atoms with van der Waals surface area (Å²) in [6.07, 6.45) is 11.0. The maximum Gasteiger partial charge on any atom is 0.284 e. The number of sulfonamides is 1. The first-order valence-electron chi connectivity index (χ1n) is 13.8. The van der Waals surface area contributed by atoms with Gasteiger partial charge < -0.3 is 9.47 Å². The Labute approximate surface area is 237 Å². The molecule has 212 valence electrons. The number of amides is 1. The average molecular weight is 573 g/mol. The number of unbranched alkanes of at least 4 members (excludes halogenated alkanes) is 6. The molecule has 1 saturated heterocycles. The van der Waals surface area contributed by atoms with Gasteiger partial charge in [-0.05, 0) is 73.0 Å². The van der Waals surface area contributed by atoms with Crippen LogP contribution in [0.4, 0.5) is 0 Å². The highest BCUT2D eigenvalue weighted by atomic mass is 32.2. The van der Waals surface area contributed by atoms with E-state index in [2.05, 4.69) is 11.3 Å². The third kappa shape index (κ3) is 8.60. The molecule has 0 unspecified atom stereocenters. The second-order valence-corrected chi connectivity index (χ2v) is 12.0. The second kappa shape index (κ2) is 15.1. The molecule has 2 aromatic carbocycles. The Kier molecular flexibility index (Phi) is 11.9. The third-order valence-corrected chi connectivity index (χ3v) is 8.93.